The molecule has 0 bridgehead atoms. The molecule has 1 aliphatic rings. The first-order valence-electron chi connectivity index (χ1n) is 7.51. The van der Waals surface area contributed by atoms with Crippen molar-refractivity contribution < 1.29 is 5.11 Å². The first-order valence-corrected chi connectivity index (χ1v) is 7.51. The van der Waals surface area contributed by atoms with Gasteiger partial charge in [-0.25, -0.2) is 0 Å². The Morgan fingerprint density at radius 2 is 2.11 bits per heavy atom. The molecule has 0 aliphatic heterocycles. The lowest BCUT2D eigenvalue weighted by Gasteiger charge is -2.37. The topological polar surface area (TPSA) is 32.3 Å². The average molecular weight is 261 g/mol. The van der Waals surface area contributed by atoms with Crippen molar-refractivity contribution in [2.75, 3.05) is 6.54 Å². The van der Waals surface area contributed by atoms with Crippen LogP contribution in [0, 0.1) is 0 Å². The van der Waals surface area contributed by atoms with E-state index in [0.29, 0.717) is 11.5 Å². The fraction of sp³-hybridized carbons (Fsp3) is 0.647. The molecule has 0 fully saturated rings. The molecule has 0 aromatic heterocycles. The molecule has 106 valence electrons. The van der Waals surface area contributed by atoms with Crippen LogP contribution < -0.4 is 5.32 Å². The summed E-state index contributed by atoms with van der Waals surface area (Å²) >= 11 is 0. The molecular weight excluding hydrogens is 234 g/mol. The number of aliphatic hydroxyl groups excluding tert-OH is 1. The van der Waals surface area contributed by atoms with Crippen LogP contribution in [0.1, 0.15) is 63.6 Å². The summed E-state index contributed by atoms with van der Waals surface area (Å²) in [6, 6.07) is 9.32. The molecule has 2 N–H and O–H groups in total. The van der Waals surface area contributed by atoms with Gasteiger partial charge in [-0.2, -0.15) is 0 Å². The monoisotopic (exact) mass is 261 g/mol. The molecule has 0 saturated heterocycles. The highest BCUT2D eigenvalue weighted by Crippen LogP contribution is 2.41. The maximum absolute atomic E-state index is 9.29. The quantitative estimate of drug-likeness (QED) is 0.794. The van der Waals surface area contributed by atoms with E-state index in [1.807, 2.05) is 6.92 Å². The van der Waals surface area contributed by atoms with Gasteiger partial charge in [0, 0.05) is 6.04 Å². The molecule has 0 amide bonds. The molecule has 1 aliphatic carbocycles. The van der Waals surface area contributed by atoms with Crippen molar-refractivity contribution >= 4 is 0 Å². The number of hydrogen-bond donors (Lipinski definition) is 2. The average Bonchev–Trinajstić information content (AvgIpc) is 2.37. The van der Waals surface area contributed by atoms with Crippen molar-refractivity contribution in [3.8, 4) is 0 Å². The van der Waals surface area contributed by atoms with E-state index in [1.54, 1.807) is 0 Å². The summed E-state index contributed by atoms with van der Waals surface area (Å²) < 4.78 is 0. The van der Waals surface area contributed by atoms with Gasteiger partial charge < -0.3 is 10.4 Å². The number of benzene rings is 1. The second kappa shape index (κ2) is 6.06. The third kappa shape index (κ3) is 3.58. The van der Waals surface area contributed by atoms with Gasteiger partial charge in [-0.1, -0.05) is 38.1 Å². The third-order valence-corrected chi connectivity index (χ3v) is 4.31. The lowest BCUT2D eigenvalue weighted by atomic mass is 9.71. The molecule has 19 heavy (non-hydrogen) atoms. The first-order chi connectivity index (χ1) is 9.00. The molecule has 0 saturated carbocycles. The van der Waals surface area contributed by atoms with Crippen LogP contribution in [0.5, 0.6) is 0 Å². The molecule has 2 heteroatoms. The van der Waals surface area contributed by atoms with Crippen LogP contribution in [-0.2, 0) is 5.41 Å². The van der Waals surface area contributed by atoms with Gasteiger partial charge in [0.25, 0.3) is 0 Å². The van der Waals surface area contributed by atoms with Crippen LogP contribution in [0.15, 0.2) is 24.3 Å². The van der Waals surface area contributed by atoms with Crippen molar-refractivity contribution in [2.45, 2.75) is 64.0 Å². The highest BCUT2D eigenvalue weighted by atomic mass is 16.3. The number of nitrogens with one attached hydrogen (secondary N) is 1. The maximum Gasteiger partial charge on any atom is 0.0512 e. The van der Waals surface area contributed by atoms with Gasteiger partial charge >= 0.3 is 0 Å². The molecule has 1 aromatic carbocycles. The molecule has 0 spiro atoms. The molecular formula is C17H27NO. The number of rotatable bonds is 5. The molecule has 2 unspecified atom stereocenters. The van der Waals surface area contributed by atoms with Gasteiger partial charge in [0.1, 0.15) is 0 Å². The second-order valence-electron chi connectivity index (χ2n) is 6.51. The largest absolute Gasteiger partial charge is 0.393 e. The zero-order chi connectivity index (χ0) is 13.9. The minimum absolute atomic E-state index is 0.181. The molecule has 0 radical (unpaired) electrons. The minimum atomic E-state index is -0.181. The van der Waals surface area contributed by atoms with E-state index in [1.165, 1.54) is 24.0 Å². The van der Waals surface area contributed by atoms with Crippen LogP contribution in [0.2, 0.25) is 0 Å². The lowest BCUT2D eigenvalue weighted by molar-refractivity contribution is 0.180. The van der Waals surface area contributed by atoms with Crippen LogP contribution in [-0.4, -0.2) is 17.8 Å². The summed E-state index contributed by atoms with van der Waals surface area (Å²) in [5, 5.41) is 12.9. The van der Waals surface area contributed by atoms with Crippen LogP contribution in [0.4, 0.5) is 0 Å². The highest BCUT2D eigenvalue weighted by Gasteiger charge is 2.31. The second-order valence-corrected chi connectivity index (χ2v) is 6.51. The van der Waals surface area contributed by atoms with Crippen LogP contribution >= 0.6 is 0 Å². The smallest absolute Gasteiger partial charge is 0.0512 e. The summed E-state index contributed by atoms with van der Waals surface area (Å²) in [5.74, 6) is 0. The first kappa shape index (κ1) is 14.5. The van der Waals surface area contributed by atoms with Crippen LogP contribution in [0.25, 0.3) is 0 Å². The lowest BCUT2D eigenvalue weighted by Crippen LogP contribution is -2.33. The Morgan fingerprint density at radius 3 is 2.84 bits per heavy atom. The normalized spacial score (nSPS) is 22.8. The zero-order valence-electron chi connectivity index (χ0n) is 12.4. The van der Waals surface area contributed by atoms with E-state index in [2.05, 4.69) is 43.4 Å². The summed E-state index contributed by atoms with van der Waals surface area (Å²) in [6.45, 7) is 7.54. The summed E-state index contributed by atoms with van der Waals surface area (Å²) in [4.78, 5) is 0. The van der Waals surface area contributed by atoms with E-state index in [4.69, 9.17) is 0 Å². The number of aliphatic hydroxyl groups is 1. The van der Waals surface area contributed by atoms with E-state index >= 15 is 0 Å². The summed E-state index contributed by atoms with van der Waals surface area (Å²) in [6.07, 6.45) is 4.18. The summed E-state index contributed by atoms with van der Waals surface area (Å²) in [5.41, 5.74) is 3.26. The Balaban J connectivity index is 2.00. The van der Waals surface area contributed by atoms with Gasteiger partial charge in [0.15, 0.2) is 0 Å². The Bertz CT molecular complexity index is 411. The standard InChI is InChI=1S/C17H27NO/c1-13(19)7-6-12-18-16-10-11-17(2,3)15-9-5-4-8-14(15)16/h4-5,8-9,13,16,18-19H,6-7,10-12H2,1-3H3. The van der Waals surface area contributed by atoms with E-state index in [0.717, 1.165) is 19.4 Å². The van der Waals surface area contributed by atoms with E-state index in [-0.39, 0.29) is 6.10 Å². The Morgan fingerprint density at radius 1 is 1.37 bits per heavy atom. The Kier molecular flexibility index (Phi) is 4.64. The number of hydrogen-bond acceptors (Lipinski definition) is 2. The predicted molar refractivity (Wildman–Crippen MR) is 80.4 cm³/mol. The van der Waals surface area contributed by atoms with Crippen molar-refractivity contribution in [3.05, 3.63) is 35.4 Å². The van der Waals surface area contributed by atoms with Gasteiger partial charge in [-0.05, 0) is 55.7 Å². The van der Waals surface area contributed by atoms with Crippen molar-refractivity contribution in [3.63, 3.8) is 0 Å². The summed E-state index contributed by atoms with van der Waals surface area (Å²) in [7, 11) is 0. The van der Waals surface area contributed by atoms with E-state index < -0.39 is 0 Å². The highest BCUT2D eigenvalue weighted by molar-refractivity contribution is 5.38. The molecule has 1 aromatic rings. The SMILES string of the molecule is CC(O)CCCNC1CCC(C)(C)c2ccccc21. The third-order valence-electron chi connectivity index (χ3n) is 4.31. The van der Waals surface area contributed by atoms with Crippen LogP contribution in [0.3, 0.4) is 0 Å². The maximum atomic E-state index is 9.29. The predicted octanol–water partition coefficient (Wildman–Crippen LogP) is 3.55. The van der Waals surface area contributed by atoms with Gasteiger partial charge in [0.05, 0.1) is 6.10 Å². The fourth-order valence-electron chi connectivity index (χ4n) is 3.10. The molecule has 2 atom stereocenters. The molecule has 2 rings (SSSR count). The van der Waals surface area contributed by atoms with Crippen molar-refractivity contribution in [1.29, 1.82) is 0 Å². The Hall–Kier alpha value is -0.860. The van der Waals surface area contributed by atoms with Crippen molar-refractivity contribution in [2.24, 2.45) is 0 Å². The molecule has 0 heterocycles. The van der Waals surface area contributed by atoms with E-state index in [9.17, 15) is 5.11 Å². The van der Waals surface area contributed by atoms with Gasteiger partial charge in [0.2, 0.25) is 0 Å². The minimum Gasteiger partial charge on any atom is -0.393 e. The molecule has 2 nitrogen and oxygen atoms in total. The fourth-order valence-corrected chi connectivity index (χ4v) is 3.10. The zero-order valence-corrected chi connectivity index (χ0v) is 12.4. The van der Waals surface area contributed by atoms with Gasteiger partial charge in [-0.15, -0.1) is 0 Å². The van der Waals surface area contributed by atoms with Crippen molar-refractivity contribution in [1.82, 2.24) is 5.32 Å². The van der Waals surface area contributed by atoms with Gasteiger partial charge in [-0.3, -0.25) is 0 Å². The Labute approximate surface area is 117 Å². The number of fused-ring (bicyclic) bond motifs is 1.